The van der Waals surface area contributed by atoms with Crippen molar-refractivity contribution in [3.63, 3.8) is 0 Å². The molecule has 0 N–H and O–H groups in total. The standard InChI is InChI=1S/C15H16O4S2/c16-20-9-15(18-11-5-1-2-6-12(11)19-15)10-21(17)14-8-4-3-7-13(14)20/h1-4,7-8,11-12H,5-6,9-10H2/t11-,12+,20-,21-/m1/s1. The molecule has 2 heterocycles. The van der Waals surface area contributed by atoms with Gasteiger partial charge in [0.15, 0.2) is 5.79 Å². The Morgan fingerprint density at radius 1 is 0.905 bits per heavy atom. The Hall–Kier alpha value is -0.820. The average molecular weight is 324 g/mol. The number of benzene rings is 1. The van der Waals surface area contributed by atoms with Crippen LogP contribution in [0, 0.1) is 0 Å². The van der Waals surface area contributed by atoms with E-state index >= 15 is 0 Å². The Labute approximate surface area is 128 Å². The predicted molar refractivity (Wildman–Crippen MR) is 79.8 cm³/mol. The quantitative estimate of drug-likeness (QED) is 0.682. The van der Waals surface area contributed by atoms with Gasteiger partial charge in [0.2, 0.25) is 0 Å². The van der Waals surface area contributed by atoms with E-state index in [4.69, 9.17) is 9.47 Å². The maximum atomic E-state index is 12.6. The van der Waals surface area contributed by atoms with Crippen LogP contribution in [-0.4, -0.2) is 37.9 Å². The van der Waals surface area contributed by atoms with Crippen molar-refractivity contribution in [1.82, 2.24) is 0 Å². The van der Waals surface area contributed by atoms with E-state index in [1.807, 2.05) is 12.1 Å². The summed E-state index contributed by atoms with van der Waals surface area (Å²) in [6.07, 6.45) is 5.76. The third-order valence-electron chi connectivity index (χ3n) is 4.09. The summed E-state index contributed by atoms with van der Waals surface area (Å²) in [6, 6.07) is 7.22. The van der Waals surface area contributed by atoms with Gasteiger partial charge >= 0.3 is 0 Å². The van der Waals surface area contributed by atoms with Crippen LogP contribution in [-0.2, 0) is 31.1 Å². The zero-order valence-corrected chi connectivity index (χ0v) is 13.0. The SMILES string of the molecule is O=[S@@]1CC2(C[S@@](=O)c3ccccc31)O[C@H]1CC=CC[C@H]1O2. The molecule has 1 spiro atoms. The van der Waals surface area contributed by atoms with E-state index in [2.05, 4.69) is 12.2 Å². The van der Waals surface area contributed by atoms with Gasteiger partial charge < -0.3 is 9.47 Å². The lowest BCUT2D eigenvalue weighted by molar-refractivity contribution is -0.137. The lowest BCUT2D eigenvalue weighted by Gasteiger charge is -2.25. The molecule has 6 heteroatoms. The predicted octanol–water partition coefficient (Wildman–Crippen LogP) is 1.75. The van der Waals surface area contributed by atoms with Crippen molar-refractivity contribution in [3.8, 4) is 0 Å². The van der Waals surface area contributed by atoms with Crippen LogP contribution < -0.4 is 0 Å². The molecule has 4 atom stereocenters. The molecule has 2 aliphatic heterocycles. The number of hydrogen-bond donors (Lipinski definition) is 0. The number of rotatable bonds is 0. The molecular formula is C15H16O4S2. The summed E-state index contributed by atoms with van der Waals surface area (Å²) < 4.78 is 37.4. The molecule has 1 aromatic carbocycles. The highest BCUT2D eigenvalue weighted by atomic mass is 32.2. The van der Waals surface area contributed by atoms with Crippen LogP contribution in [0.2, 0.25) is 0 Å². The first-order valence-corrected chi connectivity index (χ1v) is 9.67. The van der Waals surface area contributed by atoms with Crippen molar-refractivity contribution in [2.24, 2.45) is 0 Å². The zero-order chi connectivity index (χ0) is 14.4. The molecule has 0 aromatic heterocycles. The summed E-state index contributed by atoms with van der Waals surface area (Å²) in [7, 11) is -2.52. The van der Waals surface area contributed by atoms with Crippen LogP contribution in [0.4, 0.5) is 0 Å². The topological polar surface area (TPSA) is 52.6 Å². The van der Waals surface area contributed by atoms with Crippen molar-refractivity contribution in [1.29, 1.82) is 0 Å². The summed E-state index contributed by atoms with van der Waals surface area (Å²) in [6.45, 7) is 0. The summed E-state index contributed by atoms with van der Waals surface area (Å²) in [5, 5.41) is 0. The fourth-order valence-corrected chi connectivity index (χ4v) is 6.47. The van der Waals surface area contributed by atoms with Crippen LogP contribution in [0.15, 0.2) is 46.2 Å². The molecule has 1 saturated heterocycles. The fourth-order valence-electron chi connectivity index (χ4n) is 3.15. The highest BCUT2D eigenvalue weighted by Crippen LogP contribution is 2.39. The van der Waals surface area contributed by atoms with Gasteiger partial charge in [-0.2, -0.15) is 0 Å². The summed E-state index contributed by atoms with van der Waals surface area (Å²) >= 11 is 0. The van der Waals surface area contributed by atoms with E-state index in [1.54, 1.807) is 12.1 Å². The van der Waals surface area contributed by atoms with Crippen LogP contribution in [0.25, 0.3) is 0 Å². The third kappa shape index (κ3) is 2.34. The van der Waals surface area contributed by atoms with Crippen molar-refractivity contribution in [2.75, 3.05) is 11.5 Å². The Kier molecular flexibility index (Phi) is 3.37. The molecule has 0 bridgehead atoms. The molecule has 21 heavy (non-hydrogen) atoms. The maximum absolute atomic E-state index is 12.6. The molecule has 1 fully saturated rings. The molecule has 4 rings (SSSR count). The van der Waals surface area contributed by atoms with Crippen molar-refractivity contribution in [3.05, 3.63) is 36.4 Å². The van der Waals surface area contributed by atoms with E-state index in [0.717, 1.165) is 12.8 Å². The fraction of sp³-hybridized carbons (Fsp3) is 0.467. The van der Waals surface area contributed by atoms with Crippen molar-refractivity contribution >= 4 is 21.6 Å². The smallest absolute Gasteiger partial charge is 0.192 e. The minimum atomic E-state index is -1.26. The molecule has 112 valence electrons. The monoisotopic (exact) mass is 324 g/mol. The van der Waals surface area contributed by atoms with Gasteiger partial charge in [0, 0.05) is 0 Å². The van der Waals surface area contributed by atoms with Gasteiger partial charge in [0.25, 0.3) is 0 Å². The Morgan fingerprint density at radius 2 is 1.38 bits per heavy atom. The first-order chi connectivity index (χ1) is 10.2. The van der Waals surface area contributed by atoms with Crippen LogP contribution in [0.5, 0.6) is 0 Å². The van der Waals surface area contributed by atoms with E-state index < -0.39 is 27.4 Å². The second kappa shape index (κ2) is 5.12. The minimum Gasteiger partial charge on any atom is -0.342 e. The minimum absolute atomic E-state index is 0.00906. The third-order valence-corrected chi connectivity index (χ3v) is 7.32. The van der Waals surface area contributed by atoms with Gasteiger partial charge in [-0.3, -0.25) is 8.42 Å². The number of fused-ring (bicyclic) bond motifs is 2. The van der Waals surface area contributed by atoms with E-state index in [-0.39, 0.29) is 23.7 Å². The van der Waals surface area contributed by atoms with Gasteiger partial charge in [0.1, 0.15) is 0 Å². The van der Waals surface area contributed by atoms with Gasteiger partial charge in [-0.05, 0) is 25.0 Å². The van der Waals surface area contributed by atoms with Crippen molar-refractivity contribution < 1.29 is 17.9 Å². The molecule has 0 radical (unpaired) electrons. The Bertz CT molecular complexity index is 600. The lowest BCUT2D eigenvalue weighted by atomic mass is 10.0. The van der Waals surface area contributed by atoms with Crippen LogP contribution in [0.1, 0.15) is 12.8 Å². The van der Waals surface area contributed by atoms with Gasteiger partial charge in [-0.25, -0.2) is 0 Å². The number of ether oxygens (including phenoxy) is 2. The zero-order valence-electron chi connectivity index (χ0n) is 11.4. The normalized spacial score (nSPS) is 37.0. The summed E-state index contributed by atoms with van der Waals surface area (Å²) in [4.78, 5) is 1.29. The first-order valence-electron chi connectivity index (χ1n) is 7.03. The Balaban J connectivity index is 1.69. The molecule has 0 amide bonds. The number of hydrogen-bond acceptors (Lipinski definition) is 4. The van der Waals surface area contributed by atoms with Gasteiger partial charge in [-0.15, -0.1) is 0 Å². The summed E-state index contributed by atoms with van der Waals surface area (Å²) in [5.74, 6) is -0.471. The van der Waals surface area contributed by atoms with E-state index in [0.29, 0.717) is 9.79 Å². The molecule has 4 nitrogen and oxygen atoms in total. The molecule has 1 aromatic rings. The molecule has 0 saturated carbocycles. The summed E-state index contributed by atoms with van der Waals surface area (Å²) in [5.41, 5.74) is 0. The second-order valence-electron chi connectivity index (χ2n) is 5.59. The highest BCUT2D eigenvalue weighted by Gasteiger charge is 2.51. The highest BCUT2D eigenvalue weighted by molar-refractivity contribution is 7.89. The van der Waals surface area contributed by atoms with Crippen molar-refractivity contribution in [2.45, 2.75) is 40.6 Å². The van der Waals surface area contributed by atoms with Crippen LogP contribution in [0.3, 0.4) is 0 Å². The second-order valence-corrected chi connectivity index (χ2v) is 8.43. The molecule has 1 aliphatic carbocycles. The molecular weight excluding hydrogens is 308 g/mol. The van der Waals surface area contributed by atoms with Gasteiger partial charge in [-0.1, -0.05) is 24.3 Å². The molecule has 3 aliphatic rings. The van der Waals surface area contributed by atoms with E-state index in [9.17, 15) is 8.42 Å². The largest absolute Gasteiger partial charge is 0.342 e. The maximum Gasteiger partial charge on any atom is 0.192 e. The Morgan fingerprint density at radius 3 is 1.86 bits per heavy atom. The van der Waals surface area contributed by atoms with Gasteiger partial charge in [0.05, 0.1) is 55.1 Å². The lowest BCUT2D eigenvalue weighted by Crippen LogP contribution is -2.41. The average Bonchev–Trinajstić information content (AvgIpc) is 2.79. The van der Waals surface area contributed by atoms with E-state index in [1.165, 1.54) is 0 Å². The first kappa shape index (κ1) is 13.8. The van der Waals surface area contributed by atoms with Crippen LogP contribution >= 0.6 is 0 Å². The molecule has 0 unspecified atom stereocenters.